The van der Waals surface area contributed by atoms with Gasteiger partial charge in [0.05, 0.1) is 11.3 Å². The summed E-state index contributed by atoms with van der Waals surface area (Å²) in [6.45, 7) is 8.39. The molecule has 162 valence electrons. The molecule has 2 rings (SSSR count). The minimum Gasteiger partial charge on any atom is -0.506 e. The largest absolute Gasteiger partial charge is 0.506 e. The number of halogens is 1. The third kappa shape index (κ3) is 7.81. The average Bonchev–Trinajstić information content (AvgIpc) is 2.71. The molecule has 0 heterocycles. The number of esters is 1. The van der Waals surface area contributed by atoms with Crippen LogP contribution in [0.25, 0.3) is 0 Å². The number of likely N-dealkylation sites (N-methyl/N-ethyl adjacent to an activating group) is 1. The van der Waals surface area contributed by atoms with Crippen LogP contribution in [-0.2, 0) is 9.53 Å². The number of phenolic OH excluding ortho intramolecular Hbond substituents is 1. The van der Waals surface area contributed by atoms with Crippen molar-refractivity contribution in [1.82, 2.24) is 4.90 Å². The molecule has 0 unspecified atom stereocenters. The number of nitrogens with zero attached hydrogens (tertiary/aromatic N) is 3. The van der Waals surface area contributed by atoms with Crippen molar-refractivity contribution in [2.75, 3.05) is 31.6 Å². The highest BCUT2D eigenvalue weighted by Gasteiger charge is 2.08. The predicted octanol–water partition coefficient (Wildman–Crippen LogP) is 4.69. The second kappa shape index (κ2) is 12.6. The number of hydrogen-bond donors (Lipinski definition) is 2. The monoisotopic (exact) mass is 434 g/mol. The Bertz CT molecular complexity index is 868. The number of rotatable bonds is 9. The van der Waals surface area contributed by atoms with E-state index in [9.17, 15) is 14.7 Å². The Kier molecular flexibility index (Phi) is 10.5. The molecule has 0 aromatic heterocycles. The summed E-state index contributed by atoms with van der Waals surface area (Å²) in [4.78, 5) is 25.4. The van der Waals surface area contributed by atoms with E-state index in [1.54, 1.807) is 30.3 Å². The molecule has 0 bridgehead atoms. The third-order valence-electron chi connectivity index (χ3n) is 4.21. The molecule has 0 spiro atoms. The van der Waals surface area contributed by atoms with E-state index in [1.165, 1.54) is 19.1 Å². The smallest absolute Gasteiger partial charge is 0.338 e. The molecular formula is C21H27ClN4O4. The molecule has 1 amide bonds. The lowest BCUT2D eigenvalue weighted by Gasteiger charge is -2.17. The first-order valence-electron chi connectivity index (χ1n) is 9.44. The van der Waals surface area contributed by atoms with E-state index in [1.807, 2.05) is 0 Å². The fourth-order valence-electron chi connectivity index (χ4n) is 2.55. The quantitative estimate of drug-likeness (QED) is 0.338. The lowest BCUT2D eigenvalue weighted by molar-refractivity contribution is -0.114. The maximum absolute atomic E-state index is 12.1. The third-order valence-corrected chi connectivity index (χ3v) is 4.21. The van der Waals surface area contributed by atoms with E-state index >= 15 is 0 Å². The molecule has 0 atom stereocenters. The number of aromatic hydroxyl groups is 1. The highest BCUT2D eigenvalue weighted by atomic mass is 35.5. The van der Waals surface area contributed by atoms with E-state index in [-0.39, 0.29) is 35.7 Å². The average molecular weight is 435 g/mol. The van der Waals surface area contributed by atoms with E-state index < -0.39 is 0 Å². The minimum absolute atomic E-state index is 0. The minimum atomic E-state index is -0.388. The van der Waals surface area contributed by atoms with Crippen LogP contribution >= 0.6 is 12.4 Å². The number of carbonyl (C=O) groups is 2. The summed E-state index contributed by atoms with van der Waals surface area (Å²) < 4.78 is 5.29. The van der Waals surface area contributed by atoms with E-state index in [2.05, 4.69) is 34.3 Å². The number of azo groups is 1. The molecule has 0 saturated heterocycles. The van der Waals surface area contributed by atoms with Crippen molar-refractivity contribution >= 4 is 41.3 Å². The van der Waals surface area contributed by atoms with Gasteiger partial charge in [-0.3, -0.25) is 4.79 Å². The highest BCUT2D eigenvalue weighted by molar-refractivity contribution is 5.90. The van der Waals surface area contributed by atoms with Crippen molar-refractivity contribution in [3.63, 3.8) is 0 Å². The van der Waals surface area contributed by atoms with Crippen LogP contribution in [0, 0.1) is 0 Å². The van der Waals surface area contributed by atoms with Crippen molar-refractivity contribution in [2.45, 2.75) is 20.8 Å². The molecule has 0 aliphatic carbocycles. The zero-order valence-corrected chi connectivity index (χ0v) is 18.1. The zero-order valence-electron chi connectivity index (χ0n) is 17.3. The van der Waals surface area contributed by atoms with Gasteiger partial charge >= 0.3 is 5.97 Å². The number of phenols is 1. The predicted molar refractivity (Wildman–Crippen MR) is 118 cm³/mol. The van der Waals surface area contributed by atoms with Gasteiger partial charge in [0.25, 0.3) is 0 Å². The molecule has 0 aliphatic heterocycles. The lowest BCUT2D eigenvalue weighted by Crippen LogP contribution is -2.27. The lowest BCUT2D eigenvalue weighted by atomic mass is 10.2. The van der Waals surface area contributed by atoms with Crippen LogP contribution in [0.4, 0.5) is 17.1 Å². The maximum atomic E-state index is 12.1. The number of carbonyl (C=O) groups excluding carboxylic acids is 2. The summed E-state index contributed by atoms with van der Waals surface area (Å²) in [6, 6.07) is 11.0. The van der Waals surface area contributed by atoms with Gasteiger partial charge in [0.15, 0.2) is 0 Å². The van der Waals surface area contributed by atoms with Gasteiger partial charge in [0.1, 0.15) is 18.0 Å². The molecule has 30 heavy (non-hydrogen) atoms. The van der Waals surface area contributed by atoms with Crippen LogP contribution in [0.5, 0.6) is 5.75 Å². The molecule has 9 heteroatoms. The van der Waals surface area contributed by atoms with Gasteiger partial charge in [-0.25, -0.2) is 4.79 Å². The number of anilines is 1. The van der Waals surface area contributed by atoms with E-state index in [4.69, 9.17) is 4.74 Å². The van der Waals surface area contributed by atoms with Crippen LogP contribution in [0.3, 0.4) is 0 Å². The van der Waals surface area contributed by atoms with Gasteiger partial charge in [0.2, 0.25) is 5.91 Å². The Hall–Kier alpha value is -2.97. The molecule has 2 aromatic carbocycles. The first-order chi connectivity index (χ1) is 13.9. The van der Waals surface area contributed by atoms with Crippen LogP contribution in [0.2, 0.25) is 0 Å². The summed E-state index contributed by atoms with van der Waals surface area (Å²) in [5.41, 5.74) is 1.66. The van der Waals surface area contributed by atoms with Crippen molar-refractivity contribution in [1.29, 1.82) is 0 Å². The fraction of sp³-hybridized carbons (Fsp3) is 0.333. The first kappa shape index (κ1) is 25.1. The summed E-state index contributed by atoms with van der Waals surface area (Å²) in [5, 5.41) is 20.6. The summed E-state index contributed by atoms with van der Waals surface area (Å²) in [7, 11) is 0. The second-order valence-corrected chi connectivity index (χ2v) is 6.29. The number of nitrogens with one attached hydrogen (secondary N) is 1. The number of hydrogen-bond acceptors (Lipinski definition) is 7. The van der Waals surface area contributed by atoms with Crippen LogP contribution in [0.15, 0.2) is 52.7 Å². The molecule has 0 saturated carbocycles. The number of amides is 1. The molecular weight excluding hydrogens is 408 g/mol. The SMILES string of the molecule is CCN(CC)CCOC(=O)c1ccc(N=Nc2cc(NC(C)=O)ccc2O)cc1.Cl. The molecule has 0 fully saturated rings. The zero-order chi connectivity index (χ0) is 21.2. The summed E-state index contributed by atoms with van der Waals surface area (Å²) >= 11 is 0. The summed E-state index contributed by atoms with van der Waals surface area (Å²) in [6.07, 6.45) is 0. The topological polar surface area (TPSA) is 104 Å². The maximum Gasteiger partial charge on any atom is 0.338 e. The van der Waals surface area contributed by atoms with E-state index in [0.717, 1.165) is 13.1 Å². The van der Waals surface area contributed by atoms with Crippen molar-refractivity contribution in [3.8, 4) is 5.75 Å². The number of benzene rings is 2. The van der Waals surface area contributed by atoms with Gasteiger partial charge in [-0.05, 0) is 55.6 Å². The first-order valence-corrected chi connectivity index (χ1v) is 9.44. The standard InChI is InChI=1S/C21H26N4O4.ClH/c1-4-25(5-2)12-13-29-21(28)16-6-8-17(9-7-16)23-24-19-14-18(22-15(3)26)10-11-20(19)27;/h6-11,14,27H,4-5,12-13H2,1-3H3,(H,22,26);1H. The molecule has 2 N–H and O–H groups in total. The fourth-order valence-corrected chi connectivity index (χ4v) is 2.55. The van der Waals surface area contributed by atoms with Gasteiger partial charge in [-0.2, -0.15) is 5.11 Å². The van der Waals surface area contributed by atoms with E-state index in [0.29, 0.717) is 30.1 Å². The van der Waals surface area contributed by atoms with Gasteiger partial charge in [-0.1, -0.05) is 13.8 Å². The molecule has 2 aromatic rings. The molecule has 0 radical (unpaired) electrons. The Morgan fingerprint density at radius 1 is 1.07 bits per heavy atom. The second-order valence-electron chi connectivity index (χ2n) is 6.29. The van der Waals surface area contributed by atoms with Gasteiger partial charge < -0.3 is 20.1 Å². The molecule has 8 nitrogen and oxygen atoms in total. The Morgan fingerprint density at radius 3 is 2.33 bits per heavy atom. The van der Waals surface area contributed by atoms with Crippen LogP contribution < -0.4 is 5.32 Å². The van der Waals surface area contributed by atoms with Crippen LogP contribution in [-0.4, -0.2) is 48.1 Å². The van der Waals surface area contributed by atoms with Crippen molar-refractivity contribution in [3.05, 3.63) is 48.0 Å². The summed E-state index contributed by atoms with van der Waals surface area (Å²) in [5.74, 6) is -0.671. The van der Waals surface area contributed by atoms with Gasteiger partial charge in [0, 0.05) is 19.2 Å². The molecule has 0 aliphatic rings. The van der Waals surface area contributed by atoms with Gasteiger partial charge in [-0.15, -0.1) is 17.5 Å². The highest BCUT2D eigenvalue weighted by Crippen LogP contribution is 2.31. The Labute approximate surface area is 182 Å². The van der Waals surface area contributed by atoms with Crippen molar-refractivity contribution < 1.29 is 19.4 Å². The van der Waals surface area contributed by atoms with Crippen LogP contribution in [0.1, 0.15) is 31.1 Å². The Morgan fingerprint density at radius 2 is 1.73 bits per heavy atom. The van der Waals surface area contributed by atoms with Crippen molar-refractivity contribution in [2.24, 2.45) is 10.2 Å². The number of ether oxygens (including phenoxy) is 1. The Balaban J connectivity index is 0.00000450. The normalized spacial score (nSPS) is 10.7.